The topological polar surface area (TPSA) is 49.6 Å². The Bertz CT molecular complexity index is 1040. The van der Waals surface area contributed by atoms with E-state index in [9.17, 15) is 9.18 Å². The monoisotopic (exact) mass is 449 g/mol. The lowest BCUT2D eigenvalue weighted by atomic mass is 10.0. The lowest BCUT2D eigenvalue weighted by molar-refractivity contribution is 0.0718. The van der Waals surface area contributed by atoms with E-state index in [0.29, 0.717) is 37.1 Å². The van der Waals surface area contributed by atoms with E-state index in [1.807, 2.05) is 4.90 Å². The van der Waals surface area contributed by atoms with Crippen LogP contribution in [0.5, 0.6) is 0 Å². The van der Waals surface area contributed by atoms with Crippen LogP contribution < -0.4 is 0 Å². The van der Waals surface area contributed by atoms with E-state index in [1.54, 1.807) is 12.1 Å². The van der Waals surface area contributed by atoms with Crippen LogP contribution in [0, 0.1) is 5.82 Å². The molecule has 3 aromatic rings. The molecule has 33 heavy (non-hydrogen) atoms. The van der Waals surface area contributed by atoms with Crippen LogP contribution in [0.15, 0.2) is 59.2 Å². The minimum atomic E-state index is -0.247. The first-order chi connectivity index (χ1) is 16.0. The fourth-order valence-corrected chi connectivity index (χ4v) is 4.21. The van der Waals surface area contributed by atoms with E-state index >= 15 is 0 Å². The highest BCUT2D eigenvalue weighted by atomic mass is 19.1. The number of hydrogen-bond acceptors (Lipinski definition) is 4. The second-order valence-corrected chi connectivity index (χ2v) is 9.15. The summed E-state index contributed by atoms with van der Waals surface area (Å²) >= 11 is 0. The molecule has 0 unspecified atom stereocenters. The van der Waals surface area contributed by atoms with Gasteiger partial charge >= 0.3 is 0 Å². The number of carbonyl (C=O) groups is 1. The molecule has 1 amide bonds. The Balaban J connectivity index is 1.48. The number of carbonyl (C=O) groups excluding carboxylic acids is 1. The molecule has 2 heterocycles. The van der Waals surface area contributed by atoms with Crippen LogP contribution >= 0.6 is 0 Å². The van der Waals surface area contributed by atoms with Crippen molar-refractivity contribution in [1.29, 1.82) is 0 Å². The van der Waals surface area contributed by atoms with E-state index in [0.717, 1.165) is 31.5 Å². The average Bonchev–Trinajstić information content (AvgIpc) is 3.29. The van der Waals surface area contributed by atoms with Crippen molar-refractivity contribution in [2.75, 3.05) is 13.1 Å². The molecular formula is C27H32FN3O2. The Labute approximate surface area is 195 Å². The lowest BCUT2D eigenvalue weighted by Gasteiger charge is -2.25. The van der Waals surface area contributed by atoms with E-state index in [1.165, 1.54) is 35.9 Å². The maximum atomic E-state index is 13.4. The van der Waals surface area contributed by atoms with Gasteiger partial charge in [-0.15, -0.1) is 0 Å². The highest BCUT2D eigenvalue weighted by Gasteiger charge is 2.22. The molecule has 1 saturated heterocycles. The number of likely N-dealkylation sites (tertiary alicyclic amines) is 1. The summed E-state index contributed by atoms with van der Waals surface area (Å²) in [4.78, 5) is 21.3. The standard InChI is InChI=1S/C27H32FN3O2/c1-20(2)23-10-6-21(7-11-23)16-30(17-22-8-12-24(28)13-9-22)18-26-29-25(19-33-26)27(32)31-14-4-3-5-15-31/h6-13,19-20H,3-5,14-18H2,1-2H3. The zero-order chi connectivity index (χ0) is 23.2. The summed E-state index contributed by atoms with van der Waals surface area (Å²) in [6.45, 7) is 7.69. The Morgan fingerprint density at radius 1 is 0.970 bits per heavy atom. The van der Waals surface area contributed by atoms with Gasteiger partial charge in [0.05, 0.1) is 6.54 Å². The van der Waals surface area contributed by atoms with Crippen molar-refractivity contribution in [2.45, 2.75) is 58.7 Å². The van der Waals surface area contributed by atoms with Gasteiger partial charge in [-0.05, 0) is 54.0 Å². The second-order valence-electron chi connectivity index (χ2n) is 9.15. The molecule has 1 aliphatic rings. The average molecular weight is 450 g/mol. The summed E-state index contributed by atoms with van der Waals surface area (Å²) in [6, 6.07) is 15.2. The molecule has 1 fully saturated rings. The van der Waals surface area contributed by atoms with Gasteiger partial charge in [0.1, 0.15) is 12.1 Å². The third-order valence-corrected chi connectivity index (χ3v) is 6.15. The second kappa shape index (κ2) is 10.8. The third-order valence-electron chi connectivity index (χ3n) is 6.15. The van der Waals surface area contributed by atoms with Crippen molar-refractivity contribution in [3.8, 4) is 0 Å². The molecular weight excluding hydrogens is 417 g/mol. The van der Waals surface area contributed by atoms with Gasteiger partial charge in [0.25, 0.3) is 5.91 Å². The van der Waals surface area contributed by atoms with Crippen LogP contribution in [0.1, 0.15) is 72.1 Å². The number of aromatic nitrogens is 1. The van der Waals surface area contributed by atoms with Gasteiger partial charge in [-0.2, -0.15) is 0 Å². The van der Waals surface area contributed by atoms with Crippen LogP contribution in [-0.4, -0.2) is 33.8 Å². The molecule has 174 valence electrons. The molecule has 0 N–H and O–H groups in total. The molecule has 0 saturated carbocycles. The van der Waals surface area contributed by atoms with Crippen LogP contribution in [0.4, 0.5) is 4.39 Å². The number of halogens is 1. The largest absolute Gasteiger partial charge is 0.447 e. The summed E-state index contributed by atoms with van der Waals surface area (Å²) < 4.78 is 19.1. The molecule has 0 atom stereocenters. The molecule has 0 aliphatic carbocycles. The molecule has 2 aromatic carbocycles. The molecule has 4 rings (SSSR count). The van der Waals surface area contributed by atoms with Crippen LogP contribution in [-0.2, 0) is 19.6 Å². The highest BCUT2D eigenvalue weighted by Crippen LogP contribution is 2.19. The van der Waals surface area contributed by atoms with Gasteiger partial charge in [0.2, 0.25) is 5.89 Å². The summed E-state index contributed by atoms with van der Waals surface area (Å²) in [5.74, 6) is 0.691. The Morgan fingerprint density at radius 2 is 1.58 bits per heavy atom. The van der Waals surface area contributed by atoms with Crippen molar-refractivity contribution in [3.05, 3.63) is 88.9 Å². The fraction of sp³-hybridized carbons (Fsp3) is 0.407. The summed E-state index contributed by atoms with van der Waals surface area (Å²) in [7, 11) is 0. The molecule has 0 radical (unpaired) electrons. The maximum Gasteiger partial charge on any atom is 0.275 e. The number of benzene rings is 2. The summed E-state index contributed by atoms with van der Waals surface area (Å²) in [6.07, 6.45) is 4.72. The van der Waals surface area contributed by atoms with Crippen molar-refractivity contribution >= 4 is 5.91 Å². The van der Waals surface area contributed by atoms with Crippen molar-refractivity contribution < 1.29 is 13.6 Å². The zero-order valence-corrected chi connectivity index (χ0v) is 19.5. The molecule has 1 aromatic heterocycles. The Morgan fingerprint density at radius 3 is 2.18 bits per heavy atom. The quantitative estimate of drug-likeness (QED) is 0.438. The van der Waals surface area contributed by atoms with Gasteiger partial charge in [-0.1, -0.05) is 50.2 Å². The van der Waals surface area contributed by atoms with Crippen LogP contribution in [0.25, 0.3) is 0 Å². The molecule has 0 bridgehead atoms. The van der Waals surface area contributed by atoms with E-state index < -0.39 is 0 Å². The number of rotatable bonds is 8. The van der Waals surface area contributed by atoms with Crippen LogP contribution in [0.2, 0.25) is 0 Å². The summed E-state index contributed by atoms with van der Waals surface area (Å²) in [5, 5.41) is 0. The molecule has 0 spiro atoms. The highest BCUT2D eigenvalue weighted by molar-refractivity contribution is 5.92. The van der Waals surface area contributed by atoms with Gasteiger partial charge in [0.15, 0.2) is 5.69 Å². The fourth-order valence-electron chi connectivity index (χ4n) is 4.21. The number of hydrogen-bond donors (Lipinski definition) is 0. The van der Waals surface area contributed by atoms with E-state index in [2.05, 4.69) is 48.0 Å². The van der Waals surface area contributed by atoms with E-state index in [4.69, 9.17) is 4.42 Å². The van der Waals surface area contributed by atoms with Crippen LogP contribution in [0.3, 0.4) is 0 Å². The molecule has 5 nitrogen and oxygen atoms in total. The van der Waals surface area contributed by atoms with Gasteiger partial charge in [-0.3, -0.25) is 9.69 Å². The lowest BCUT2D eigenvalue weighted by Crippen LogP contribution is -2.35. The van der Waals surface area contributed by atoms with Gasteiger partial charge in [0, 0.05) is 26.2 Å². The van der Waals surface area contributed by atoms with Gasteiger partial charge < -0.3 is 9.32 Å². The minimum Gasteiger partial charge on any atom is -0.447 e. The van der Waals surface area contributed by atoms with Gasteiger partial charge in [-0.25, -0.2) is 9.37 Å². The smallest absolute Gasteiger partial charge is 0.275 e. The van der Waals surface area contributed by atoms with Crippen molar-refractivity contribution in [3.63, 3.8) is 0 Å². The van der Waals surface area contributed by atoms with Crippen molar-refractivity contribution in [1.82, 2.24) is 14.8 Å². The minimum absolute atomic E-state index is 0.0564. The molecule has 6 heteroatoms. The third kappa shape index (κ3) is 6.29. The zero-order valence-electron chi connectivity index (χ0n) is 19.5. The predicted molar refractivity (Wildman–Crippen MR) is 126 cm³/mol. The Kier molecular flexibility index (Phi) is 7.55. The first-order valence-electron chi connectivity index (χ1n) is 11.8. The number of piperidine rings is 1. The normalized spacial score (nSPS) is 14.3. The number of nitrogens with zero attached hydrogens (tertiary/aromatic N) is 3. The number of oxazole rings is 1. The first-order valence-corrected chi connectivity index (χ1v) is 11.8. The van der Waals surface area contributed by atoms with E-state index in [-0.39, 0.29) is 11.7 Å². The SMILES string of the molecule is CC(C)c1ccc(CN(Cc2ccc(F)cc2)Cc2nc(C(=O)N3CCCCC3)co2)cc1. The predicted octanol–water partition coefficient (Wildman–Crippen LogP) is 5.77. The maximum absolute atomic E-state index is 13.4. The summed E-state index contributed by atoms with van der Waals surface area (Å²) in [5.41, 5.74) is 3.86. The number of amides is 1. The Hall–Kier alpha value is -2.99. The van der Waals surface area contributed by atoms with Crippen molar-refractivity contribution in [2.24, 2.45) is 0 Å². The first kappa shape index (κ1) is 23.2. The molecule has 1 aliphatic heterocycles.